The lowest BCUT2D eigenvalue weighted by Gasteiger charge is -2.42. The SMILES string of the molecule is CCC1CN(C2CCC(N3CCN(C)CC3)CC2)N=N1. The van der Waals surface area contributed by atoms with E-state index >= 15 is 0 Å². The normalized spacial score (nSPS) is 36.7. The fourth-order valence-electron chi connectivity index (χ4n) is 3.77. The van der Waals surface area contributed by atoms with Crippen LogP contribution in [0.2, 0.25) is 0 Å². The number of piperazine rings is 1. The number of nitrogens with zero attached hydrogens (tertiary/aromatic N) is 5. The van der Waals surface area contributed by atoms with E-state index in [1.807, 2.05) is 0 Å². The minimum atomic E-state index is 0.449. The van der Waals surface area contributed by atoms with E-state index in [-0.39, 0.29) is 0 Å². The maximum Gasteiger partial charge on any atom is 0.0919 e. The molecular weight excluding hydrogens is 250 g/mol. The van der Waals surface area contributed by atoms with Crippen LogP contribution in [0.15, 0.2) is 10.3 Å². The molecule has 5 heteroatoms. The summed E-state index contributed by atoms with van der Waals surface area (Å²) in [6.07, 6.45) is 6.41. The molecule has 0 aromatic rings. The average molecular weight is 279 g/mol. The van der Waals surface area contributed by atoms with Crippen molar-refractivity contribution in [2.75, 3.05) is 39.8 Å². The van der Waals surface area contributed by atoms with E-state index in [0.717, 1.165) is 19.0 Å². The first-order chi connectivity index (χ1) is 9.76. The van der Waals surface area contributed by atoms with Crippen molar-refractivity contribution in [1.82, 2.24) is 14.8 Å². The molecule has 2 heterocycles. The Balaban J connectivity index is 1.44. The summed E-state index contributed by atoms with van der Waals surface area (Å²) in [5.41, 5.74) is 0. The van der Waals surface area contributed by atoms with Gasteiger partial charge in [0.15, 0.2) is 0 Å². The van der Waals surface area contributed by atoms with Gasteiger partial charge in [-0.15, -0.1) is 0 Å². The Morgan fingerprint density at radius 1 is 0.950 bits per heavy atom. The van der Waals surface area contributed by atoms with Crippen LogP contribution < -0.4 is 0 Å². The maximum absolute atomic E-state index is 4.40. The van der Waals surface area contributed by atoms with Gasteiger partial charge in [-0.25, -0.2) is 0 Å². The largest absolute Gasteiger partial charge is 0.304 e. The zero-order valence-corrected chi connectivity index (χ0v) is 13.0. The molecule has 0 aromatic carbocycles. The van der Waals surface area contributed by atoms with Gasteiger partial charge in [0.2, 0.25) is 0 Å². The fourth-order valence-corrected chi connectivity index (χ4v) is 3.77. The van der Waals surface area contributed by atoms with Crippen molar-refractivity contribution in [1.29, 1.82) is 0 Å². The smallest absolute Gasteiger partial charge is 0.0919 e. The third-order valence-corrected chi connectivity index (χ3v) is 5.34. The molecule has 1 saturated heterocycles. The molecule has 0 spiro atoms. The summed E-state index contributed by atoms with van der Waals surface area (Å²) in [6, 6.07) is 1.92. The summed E-state index contributed by atoms with van der Waals surface area (Å²) in [5.74, 6) is 0. The van der Waals surface area contributed by atoms with Gasteiger partial charge in [0, 0.05) is 38.3 Å². The predicted molar refractivity (Wildman–Crippen MR) is 80.8 cm³/mol. The molecule has 20 heavy (non-hydrogen) atoms. The van der Waals surface area contributed by atoms with E-state index in [4.69, 9.17) is 0 Å². The van der Waals surface area contributed by atoms with Crippen molar-refractivity contribution in [3.63, 3.8) is 0 Å². The summed E-state index contributed by atoms with van der Waals surface area (Å²) < 4.78 is 0. The Morgan fingerprint density at radius 2 is 1.60 bits per heavy atom. The van der Waals surface area contributed by atoms with Crippen LogP contribution in [0.25, 0.3) is 0 Å². The molecule has 2 aliphatic heterocycles. The van der Waals surface area contributed by atoms with Gasteiger partial charge in [0.1, 0.15) is 0 Å². The van der Waals surface area contributed by atoms with Crippen molar-refractivity contribution >= 4 is 0 Å². The van der Waals surface area contributed by atoms with Crippen LogP contribution >= 0.6 is 0 Å². The number of hydrogen-bond acceptors (Lipinski definition) is 5. The van der Waals surface area contributed by atoms with Gasteiger partial charge in [-0.2, -0.15) is 5.11 Å². The standard InChI is InChI=1S/C15H29N5/c1-3-13-12-20(17-16-13)15-6-4-14(5-7-15)19-10-8-18(2)9-11-19/h13-15H,3-12H2,1-2H3. The summed E-state index contributed by atoms with van der Waals surface area (Å²) in [5, 5.41) is 11.0. The topological polar surface area (TPSA) is 34.4 Å². The lowest BCUT2D eigenvalue weighted by Crippen LogP contribution is -2.51. The van der Waals surface area contributed by atoms with Gasteiger partial charge in [-0.3, -0.25) is 9.91 Å². The molecule has 0 radical (unpaired) electrons. The van der Waals surface area contributed by atoms with Crippen LogP contribution in [-0.4, -0.2) is 72.7 Å². The van der Waals surface area contributed by atoms with Gasteiger partial charge >= 0.3 is 0 Å². The third kappa shape index (κ3) is 3.14. The Bertz CT molecular complexity index is 329. The van der Waals surface area contributed by atoms with Gasteiger partial charge in [-0.05, 0) is 39.2 Å². The van der Waals surface area contributed by atoms with Crippen molar-refractivity contribution in [2.24, 2.45) is 10.3 Å². The Kier molecular flexibility index (Phi) is 4.56. The number of rotatable bonds is 3. The van der Waals surface area contributed by atoms with E-state index in [1.165, 1.54) is 51.9 Å². The fraction of sp³-hybridized carbons (Fsp3) is 1.00. The molecule has 114 valence electrons. The van der Waals surface area contributed by atoms with E-state index in [1.54, 1.807) is 0 Å². The Labute approximate surface area is 123 Å². The second-order valence-corrected chi connectivity index (χ2v) is 6.69. The molecule has 0 N–H and O–H groups in total. The molecule has 5 nitrogen and oxygen atoms in total. The van der Waals surface area contributed by atoms with Gasteiger partial charge in [0.25, 0.3) is 0 Å². The van der Waals surface area contributed by atoms with Crippen molar-refractivity contribution < 1.29 is 0 Å². The quantitative estimate of drug-likeness (QED) is 0.792. The van der Waals surface area contributed by atoms with Crippen LogP contribution in [0.3, 0.4) is 0 Å². The van der Waals surface area contributed by atoms with E-state index in [2.05, 4.69) is 39.1 Å². The first kappa shape index (κ1) is 14.3. The van der Waals surface area contributed by atoms with Crippen LogP contribution in [0.1, 0.15) is 39.0 Å². The van der Waals surface area contributed by atoms with Crippen LogP contribution in [-0.2, 0) is 0 Å². The first-order valence-electron chi connectivity index (χ1n) is 8.36. The minimum Gasteiger partial charge on any atom is -0.304 e. The predicted octanol–water partition coefficient (Wildman–Crippen LogP) is 2.01. The van der Waals surface area contributed by atoms with Gasteiger partial charge in [-0.1, -0.05) is 12.1 Å². The molecule has 1 unspecified atom stereocenters. The summed E-state index contributed by atoms with van der Waals surface area (Å²) in [4.78, 5) is 5.16. The Morgan fingerprint density at radius 3 is 2.20 bits per heavy atom. The summed E-state index contributed by atoms with van der Waals surface area (Å²) in [7, 11) is 2.23. The molecule has 3 rings (SSSR count). The molecule has 1 saturated carbocycles. The highest BCUT2D eigenvalue weighted by Crippen LogP contribution is 2.29. The number of likely N-dealkylation sites (N-methyl/N-ethyl adjacent to an activating group) is 1. The van der Waals surface area contributed by atoms with Gasteiger partial charge in [0.05, 0.1) is 12.6 Å². The maximum atomic E-state index is 4.40. The zero-order chi connectivity index (χ0) is 13.9. The minimum absolute atomic E-state index is 0.449. The van der Waals surface area contributed by atoms with Crippen molar-refractivity contribution in [3.8, 4) is 0 Å². The van der Waals surface area contributed by atoms with E-state index in [9.17, 15) is 0 Å². The molecule has 0 bridgehead atoms. The average Bonchev–Trinajstić information content (AvgIpc) is 2.97. The highest BCUT2D eigenvalue weighted by atomic mass is 15.6. The van der Waals surface area contributed by atoms with E-state index < -0.39 is 0 Å². The van der Waals surface area contributed by atoms with E-state index in [0.29, 0.717) is 12.1 Å². The second kappa shape index (κ2) is 6.39. The molecule has 0 amide bonds. The first-order valence-corrected chi connectivity index (χ1v) is 8.36. The highest BCUT2D eigenvalue weighted by Gasteiger charge is 2.32. The molecule has 0 aromatic heterocycles. The lowest BCUT2D eigenvalue weighted by molar-refractivity contribution is 0.0661. The highest BCUT2D eigenvalue weighted by molar-refractivity contribution is 4.87. The van der Waals surface area contributed by atoms with Crippen LogP contribution in [0.5, 0.6) is 0 Å². The zero-order valence-electron chi connectivity index (χ0n) is 13.0. The molecule has 2 fully saturated rings. The number of hydrogen-bond donors (Lipinski definition) is 0. The second-order valence-electron chi connectivity index (χ2n) is 6.69. The molecule has 1 aliphatic carbocycles. The molecular formula is C15H29N5. The monoisotopic (exact) mass is 279 g/mol. The van der Waals surface area contributed by atoms with Crippen molar-refractivity contribution in [3.05, 3.63) is 0 Å². The molecule has 3 aliphatic rings. The van der Waals surface area contributed by atoms with Crippen LogP contribution in [0.4, 0.5) is 0 Å². The lowest BCUT2D eigenvalue weighted by atomic mass is 9.89. The third-order valence-electron chi connectivity index (χ3n) is 5.34. The van der Waals surface area contributed by atoms with Gasteiger partial charge < -0.3 is 4.90 Å². The van der Waals surface area contributed by atoms with Crippen molar-refractivity contribution in [2.45, 2.75) is 57.2 Å². The summed E-state index contributed by atoms with van der Waals surface area (Å²) in [6.45, 7) is 8.25. The Hall–Kier alpha value is -0.680. The van der Waals surface area contributed by atoms with Crippen LogP contribution in [0, 0.1) is 0 Å². The molecule has 1 atom stereocenters. The summed E-state index contributed by atoms with van der Waals surface area (Å²) >= 11 is 0.